The molecule has 0 bridgehead atoms. The van der Waals surface area contributed by atoms with Crippen molar-refractivity contribution in [1.82, 2.24) is 9.29 Å². The number of nitrogens with one attached hydrogen (secondary N) is 1. The zero-order valence-electron chi connectivity index (χ0n) is 15.4. The van der Waals surface area contributed by atoms with Crippen molar-refractivity contribution in [2.24, 2.45) is 0 Å². The van der Waals surface area contributed by atoms with Crippen LogP contribution in [0, 0.1) is 12.7 Å². The highest BCUT2D eigenvalue weighted by Crippen LogP contribution is 2.30. The number of aromatic nitrogens is 1. The van der Waals surface area contributed by atoms with E-state index in [9.17, 15) is 17.6 Å². The van der Waals surface area contributed by atoms with Crippen molar-refractivity contribution in [2.75, 3.05) is 19.4 Å². The van der Waals surface area contributed by atoms with Crippen molar-refractivity contribution in [1.29, 1.82) is 0 Å². The van der Waals surface area contributed by atoms with E-state index in [-0.39, 0.29) is 10.7 Å². The first-order chi connectivity index (χ1) is 13.2. The Morgan fingerprint density at radius 1 is 1.07 bits per heavy atom. The molecule has 2 aromatic carbocycles. The average Bonchev–Trinajstić information content (AvgIpc) is 3.02. The van der Waals surface area contributed by atoms with Crippen molar-refractivity contribution in [3.63, 3.8) is 0 Å². The maximum atomic E-state index is 13.1. The molecular weight excluding hydrogens is 401 g/mol. The summed E-state index contributed by atoms with van der Waals surface area (Å²) in [6.45, 7) is 1.87. The maximum Gasteiger partial charge on any atom is 0.257 e. The summed E-state index contributed by atoms with van der Waals surface area (Å²) in [5.41, 5.74) is 1.75. The molecule has 0 saturated heterocycles. The topological polar surface area (TPSA) is 79.4 Å². The summed E-state index contributed by atoms with van der Waals surface area (Å²) in [6, 6.07) is 11.7. The van der Waals surface area contributed by atoms with Crippen LogP contribution in [0.5, 0.6) is 0 Å². The van der Waals surface area contributed by atoms with Gasteiger partial charge in [0, 0.05) is 30.1 Å². The maximum absolute atomic E-state index is 13.1. The van der Waals surface area contributed by atoms with Crippen LogP contribution in [-0.4, -0.2) is 37.7 Å². The van der Waals surface area contributed by atoms with Crippen LogP contribution < -0.4 is 5.32 Å². The third-order valence-corrected chi connectivity index (χ3v) is 6.75. The third kappa shape index (κ3) is 4.11. The van der Waals surface area contributed by atoms with Gasteiger partial charge in [-0.25, -0.2) is 22.1 Å². The summed E-state index contributed by atoms with van der Waals surface area (Å²) in [5, 5.41) is 3.13. The second-order valence-electron chi connectivity index (χ2n) is 6.20. The fraction of sp³-hybridized carbons (Fsp3) is 0.158. The zero-order valence-corrected chi connectivity index (χ0v) is 17.1. The van der Waals surface area contributed by atoms with E-state index in [1.54, 1.807) is 12.1 Å². The number of hydrogen-bond donors (Lipinski definition) is 1. The number of hydrogen-bond acceptors (Lipinski definition) is 5. The van der Waals surface area contributed by atoms with Gasteiger partial charge in [0.1, 0.15) is 5.82 Å². The van der Waals surface area contributed by atoms with Crippen LogP contribution in [0.3, 0.4) is 0 Å². The van der Waals surface area contributed by atoms with Gasteiger partial charge in [-0.05, 0) is 55.5 Å². The molecule has 28 heavy (non-hydrogen) atoms. The first kappa shape index (κ1) is 20.1. The van der Waals surface area contributed by atoms with E-state index in [1.807, 2.05) is 6.92 Å². The lowest BCUT2D eigenvalue weighted by Gasteiger charge is -2.11. The quantitative estimate of drug-likeness (QED) is 0.683. The highest BCUT2D eigenvalue weighted by atomic mass is 32.2. The van der Waals surface area contributed by atoms with Gasteiger partial charge in [-0.15, -0.1) is 11.3 Å². The Hall–Kier alpha value is -2.62. The highest BCUT2D eigenvalue weighted by Gasteiger charge is 2.18. The molecular formula is C19H18FN3O3S2. The molecule has 0 fully saturated rings. The molecule has 0 unspecified atom stereocenters. The van der Waals surface area contributed by atoms with E-state index in [0.29, 0.717) is 16.4 Å². The van der Waals surface area contributed by atoms with Crippen LogP contribution >= 0.6 is 11.3 Å². The van der Waals surface area contributed by atoms with Gasteiger partial charge in [-0.2, -0.15) is 0 Å². The largest absolute Gasteiger partial charge is 0.298 e. The van der Waals surface area contributed by atoms with Crippen LogP contribution in [0.15, 0.2) is 53.4 Å². The molecule has 3 aromatic rings. The number of anilines is 1. The Balaban J connectivity index is 1.78. The van der Waals surface area contributed by atoms with Crippen LogP contribution in [0.2, 0.25) is 0 Å². The molecule has 1 amide bonds. The summed E-state index contributed by atoms with van der Waals surface area (Å²) >= 11 is 1.31. The molecule has 0 radical (unpaired) electrons. The van der Waals surface area contributed by atoms with E-state index in [2.05, 4.69) is 10.3 Å². The molecule has 0 aliphatic rings. The molecule has 3 rings (SSSR count). The Kier molecular flexibility index (Phi) is 5.59. The van der Waals surface area contributed by atoms with Crippen molar-refractivity contribution in [3.8, 4) is 11.3 Å². The Morgan fingerprint density at radius 2 is 1.68 bits per heavy atom. The van der Waals surface area contributed by atoms with Gasteiger partial charge >= 0.3 is 0 Å². The van der Waals surface area contributed by atoms with Gasteiger partial charge in [-0.1, -0.05) is 0 Å². The number of sulfonamides is 1. The highest BCUT2D eigenvalue weighted by molar-refractivity contribution is 7.89. The van der Waals surface area contributed by atoms with Crippen LogP contribution in [-0.2, 0) is 10.0 Å². The lowest BCUT2D eigenvalue weighted by molar-refractivity contribution is 0.102. The normalized spacial score (nSPS) is 11.6. The van der Waals surface area contributed by atoms with Crippen molar-refractivity contribution < 1.29 is 17.6 Å². The zero-order chi connectivity index (χ0) is 20.5. The van der Waals surface area contributed by atoms with Crippen molar-refractivity contribution >= 4 is 32.4 Å². The van der Waals surface area contributed by atoms with Crippen LogP contribution in [0.1, 0.15) is 15.2 Å². The van der Waals surface area contributed by atoms with E-state index < -0.39 is 15.9 Å². The van der Waals surface area contributed by atoms with Gasteiger partial charge in [0.2, 0.25) is 10.0 Å². The minimum Gasteiger partial charge on any atom is -0.298 e. The van der Waals surface area contributed by atoms with E-state index in [1.165, 1.54) is 61.8 Å². The third-order valence-electron chi connectivity index (χ3n) is 4.03. The molecule has 6 nitrogen and oxygen atoms in total. The monoisotopic (exact) mass is 419 g/mol. The van der Waals surface area contributed by atoms with Gasteiger partial charge in [0.05, 0.1) is 10.6 Å². The number of amides is 1. The van der Waals surface area contributed by atoms with Gasteiger partial charge in [0.25, 0.3) is 5.91 Å². The standard InChI is InChI=1S/C19H18FN3O3S2/c1-12-17(13-4-8-15(20)9-5-13)21-19(27-12)22-18(24)14-6-10-16(11-7-14)28(25,26)23(2)3/h4-11H,1-3H3,(H,21,22,24). The number of carbonyl (C=O) groups excluding carboxylic acids is 1. The predicted octanol–water partition coefficient (Wildman–Crippen LogP) is 3.76. The molecule has 146 valence electrons. The van der Waals surface area contributed by atoms with Gasteiger partial charge in [-0.3, -0.25) is 10.1 Å². The Bertz CT molecular complexity index is 1110. The van der Waals surface area contributed by atoms with Crippen molar-refractivity contribution in [3.05, 3.63) is 64.8 Å². The fourth-order valence-electron chi connectivity index (χ4n) is 2.48. The second kappa shape index (κ2) is 7.78. The van der Waals surface area contributed by atoms with Crippen LogP contribution in [0.4, 0.5) is 9.52 Å². The van der Waals surface area contributed by atoms with E-state index in [4.69, 9.17) is 0 Å². The first-order valence-corrected chi connectivity index (χ1v) is 10.5. The first-order valence-electron chi connectivity index (χ1n) is 8.26. The average molecular weight is 420 g/mol. The smallest absolute Gasteiger partial charge is 0.257 e. The molecule has 0 atom stereocenters. The summed E-state index contributed by atoms with van der Waals surface area (Å²) < 4.78 is 38.4. The molecule has 0 aliphatic heterocycles. The Labute approximate surface area is 166 Å². The van der Waals surface area contributed by atoms with Crippen molar-refractivity contribution in [2.45, 2.75) is 11.8 Å². The number of nitrogens with zero attached hydrogens (tertiary/aromatic N) is 2. The number of thiazole rings is 1. The minimum atomic E-state index is -3.55. The molecule has 0 aliphatic carbocycles. The number of rotatable bonds is 5. The number of halogens is 1. The number of aryl methyl sites for hydroxylation is 1. The molecule has 1 aromatic heterocycles. The summed E-state index contributed by atoms with van der Waals surface area (Å²) in [6.07, 6.45) is 0. The SMILES string of the molecule is Cc1sc(NC(=O)c2ccc(S(=O)(=O)N(C)C)cc2)nc1-c1ccc(F)cc1. The summed E-state index contributed by atoms with van der Waals surface area (Å²) in [7, 11) is -0.662. The molecule has 0 saturated carbocycles. The minimum absolute atomic E-state index is 0.109. The van der Waals surface area contributed by atoms with Gasteiger partial charge < -0.3 is 0 Å². The fourth-order valence-corrected chi connectivity index (χ4v) is 4.22. The lowest BCUT2D eigenvalue weighted by Crippen LogP contribution is -2.22. The lowest BCUT2D eigenvalue weighted by atomic mass is 10.1. The van der Waals surface area contributed by atoms with E-state index >= 15 is 0 Å². The molecule has 0 spiro atoms. The molecule has 1 N–H and O–H groups in total. The number of carbonyl (C=O) groups is 1. The van der Waals surface area contributed by atoms with Crippen LogP contribution in [0.25, 0.3) is 11.3 Å². The second-order valence-corrected chi connectivity index (χ2v) is 9.55. The van der Waals surface area contributed by atoms with E-state index in [0.717, 1.165) is 14.7 Å². The number of benzene rings is 2. The summed E-state index contributed by atoms with van der Waals surface area (Å²) in [5.74, 6) is -0.724. The molecule has 1 heterocycles. The summed E-state index contributed by atoms with van der Waals surface area (Å²) in [4.78, 5) is 17.9. The molecule has 9 heteroatoms. The Morgan fingerprint density at radius 3 is 2.25 bits per heavy atom. The van der Waals surface area contributed by atoms with Gasteiger partial charge in [0.15, 0.2) is 5.13 Å². The predicted molar refractivity (Wildman–Crippen MR) is 108 cm³/mol.